The molecule has 1 aliphatic heterocycles. The maximum absolute atomic E-state index is 12.3. The first kappa shape index (κ1) is 27.0. The summed E-state index contributed by atoms with van der Waals surface area (Å²) in [4.78, 5) is 29.7. The second-order valence-corrected chi connectivity index (χ2v) is 11.7. The van der Waals surface area contributed by atoms with Crippen LogP contribution in [0, 0.1) is 17.8 Å². The van der Waals surface area contributed by atoms with E-state index in [2.05, 4.69) is 49.4 Å². The number of aromatic nitrogens is 3. The molecule has 1 amide bonds. The van der Waals surface area contributed by atoms with Crippen LogP contribution in [0.25, 0.3) is 22.6 Å². The van der Waals surface area contributed by atoms with Crippen molar-refractivity contribution in [1.29, 1.82) is 0 Å². The summed E-state index contributed by atoms with van der Waals surface area (Å²) in [6.07, 6.45) is 6.46. The van der Waals surface area contributed by atoms with Gasteiger partial charge in [-0.15, -0.1) is 0 Å². The molecule has 2 bridgehead atoms. The Kier molecular flexibility index (Phi) is 7.43. The average molecular weight is 566 g/mol. The number of allylic oxidation sites excluding steroid dienone is 1. The number of rotatable bonds is 9. The monoisotopic (exact) mass is 565 g/mol. The van der Waals surface area contributed by atoms with E-state index in [1.165, 1.54) is 0 Å². The highest BCUT2D eigenvalue weighted by molar-refractivity contribution is 6.34. The first-order chi connectivity index (χ1) is 19.3. The molecule has 0 spiro atoms. The number of benzene rings is 1. The number of methoxy groups -OCH3 is 1. The molecule has 3 aromatic rings. The molecule has 1 aromatic carbocycles. The Morgan fingerprint density at radius 1 is 1.25 bits per heavy atom. The largest absolute Gasteiger partial charge is 0.496 e. The summed E-state index contributed by atoms with van der Waals surface area (Å²) in [6, 6.07) is 6.04. The van der Waals surface area contributed by atoms with Crippen LogP contribution in [-0.2, 0) is 11.3 Å². The number of carbonyl (C=O) groups is 1. The van der Waals surface area contributed by atoms with Gasteiger partial charge in [-0.05, 0) is 42.9 Å². The molecule has 0 radical (unpaired) electrons. The Balaban J connectivity index is 1.23. The summed E-state index contributed by atoms with van der Waals surface area (Å²) in [5.41, 5.74) is 9.62. The van der Waals surface area contributed by atoms with E-state index >= 15 is 0 Å². The number of H-pyrrole nitrogens is 1. The van der Waals surface area contributed by atoms with E-state index in [1.807, 2.05) is 13.0 Å². The number of aliphatic hydroxyl groups is 1. The van der Waals surface area contributed by atoms with Crippen LogP contribution in [0.5, 0.6) is 5.75 Å². The molecule has 6 rings (SSSR count). The number of hydrogen-bond donors (Lipinski definition) is 4. The number of hydrogen-bond acceptors (Lipinski definition) is 8. The van der Waals surface area contributed by atoms with Crippen LogP contribution in [0.3, 0.4) is 0 Å². The number of carbonyl (C=O) groups excluding carboxylic acids is 1. The van der Waals surface area contributed by atoms with E-state index in [4.69, 9.17) is 27.1 Å². The maximum atomic E-state index is 12.3. The normalized spacial score (nSPS) is 25.5. The highest BCUT2D eigenvalue weighted by atomic mass is 35.5. The predicted molar refractivity (Wildman–Crippen MR) is 155 cm³/mol. The number of nitrogens with zero attached hydrogens (tertiary/aromatic N) is 4. The number of imidazole rings is 1. The number of ether oxygens (including phenoxy) is 1. The summed E-state index contributed by atoms with van der Waals surface area (Å²) >= 11 is 6.61. The minimum atomic E-state index is -0.304. The molecule has 2 aliphatic carbocycles. The second kappa shape index (κ2) is 11.0. The van der Waals surface area contributed by atoms with Crippen molar-refractivity contribution in [3.05, 3.63) is 47.1 Å². The first-order valence-electron chi connectivity index (χ1n) is 13.9. The van der Waals surface area contributed by atoms with E-state index in [0.717, 1.165) is 62.6 Å². The number of fused-ring (bicyclic) bond motifs is 3. The Morgan fingerprint density at radius 3 is 2.73 bits per heavy atom. The number of halogens is 1. The van der Waals surface area contributed by atoms with E-state index in [1.54, 1.807) is 13.3 Å². The van der Waals surface area contributed by atoms with Crippen LogP contribution in [0.4, 0.5) is 5.69 Å². The Bertz CT molecular complexity index is 1430. The maximum Gasteiger partial charge on any atom is 0.223 e. The highest BCUT2D eigenvalue weighted by Gasteiger charge is 2.47. The fourth-order valence-electron chi connectivity index (χ4n) is 6.56. The molecule has 5 N–H and O–H groups in total. The summed E-state index contributed by atoms with van der Waals surface area (Å²) in [6.45, 7) is 7.18. The second-order valence-electron chi connectivity index (χ2n) is 11.3. The van der Waals surface area contributed by atoms with Gasteiger partial charge in [-0.1, -0.05) is 29.8 Å². The van der Waals surface area contributed by atoms with Gasteiger partial charge in [0.05, 0.1) is 41.6 Å². The van der Waals surface area contributed by atoms with Crippen LogP contribution in [0.15, 0.2) is 36.5 Å². The molecule has 2 fully saturated rings. The third kappa shape index (κ3) is 5.16. The number of piperazine rings is 1. The van der Waals surface area contributed by atoms with Crippen LogP contribution in [0.1, 0.15) is 18.9 Å². The minimum absolute atomic E-state index is 0.140. The summed E-state index contributed by atoms with van der Waals surface area (Å²) in [5.74, 6) is 1.13. The van der Waals surface area contributed by atoms with Gasteiger partial charge in [-0.3, -0.25) is 14.6 Å². The molecular weight excluding hydrogens is 530 g/mol. The SMILES string of the molecule is COc1cc(CN2CCN(CC(C)O)CC2)ccc1-c1nc2c(N[C@H]3[C@@H](C(N)=O)[C@@H]4C=C[C@H]3C4)c(Cl)cnc2[nH]1. The van der Waals surface area contributed by atoms with Crippen LogP contribution in [0.2, 0.25) is 5.02 Å². The number of primary amides is 1. The van der Waals surface area contributed by atoms with E-state index < -0.39 is 0 Å². The molecule has 2 aromatic heterocycles. The zero-order valence-electron chi connectivity index (χ0n) is 22.8. The van der Waals surface area contributed by atoms with Crippen molar-refractivity contribution in [3.63, 3.8) is 0 Å². The molecular formula is C29H36ClN7O3. The summed E-state index contributed by atoms with van der Waals surface area (Å²) in [7, 11) is 1.66. The number of nitrogens with two attached hydrogens (primary N) is 1. The Morgan fingerprint density at radius 2 is 2.00 bits per heavy atom. The van der Waals surface area contributed by atoms with E-state index in [9.17, 15) is 9.90 Å². The molecule has 10 nitrogen and oxygen atoms in total. The first-order valence-corrected chi connectivity index (χ1v) is 14.3. The smallest absolute Gasteiger partial charge is 0.223 e. The Hall–Kier alpha value is -3.18. The van der Waals surface area contributed by atoms with Crippen LogP contribution >= 0.6 is 11.6 Å². The molecule has 3 aliphatic rings. The molecule has 1 saturated heterocycles. The topological polar surface area (TPSA) is 133 Å². The van der Waals surface area contributed by atoms with Crippen LogP contribution in [-0.4, -0.2) is 87.7 Å². The molecule has 1 unspecified atom stereocenters. The van der Waals surface area contributed by atoms with Gasteiger partial charge in [0.15, 0.2) is 5.65 Å². The Labute approximate surface area is 238 Å². The van der Waals surface area contributed by atoms with Crippen LogP contribution < -0.4 is 15.8 Å². The van der Waals surface area contributed by atoms with Crippen molar-refractivity contribution in [2.45, 2.75) is 32.0 Å². The minimum Gasteiger partial charge on any atom is -0.496 e. The standard InChI is InChI=1S/C29H36ClN7O3/c1-16(38)14-36-7-9-37(10-8-36)15-17-3-6-20(22(11-17)40-2)28-34-26-25(21(30)13-32-29(26)35-28)33-24-19-5-4-18(12-19)23(24)27(31)39/h3-6,11,13,16,18-19,23-24,38H,7-10,12,14-15H2,1-2H3,(H2,31,39)(H2,32,33,34,35)/t16?,18-,19+,23+,24-/m1/s1. The quantitative estimate of drug-likeness (QED) is 0.291. The van der Waals surface area contributed by atoms with Gasteiger partial charge in [0.1, 0.15) is 17.1 Å². The van der Waals surface area contributed by atoms with Crippen molar-refractivity contribution in [2.24, 2.45) is 23.5 Å². The number of pyridine rings is 1. The lowest BCUT2D eigenvalue weighted by Crippen LogP contribution is -2.47. The van der Waals surface area contributed by atoms with Gasteiger partial charge < -0.3 is 25.9 Å². The van der Waals surface area contributed by atoms with Gasteiger partial charge >= 0.3 is 0 Å². The number of β-amino-alcohol motifs (C(OH)–C–C–N with tert-alkyl or cyclic N) is 1. The highest BCUT2D eigenvalue weighted by Crippen LogP contribution is 2.46. The van der Waals surface area contributed by atoms with Gasteiger partial charge in [0, 0.05) is 45.3 Å². The number of anilines is 1. The van der Waals surface area contributed by atoms with Crippen molar-refractivity contribution in [3.8, 4) is 17.1 Å². The van der Waals surface area contributed by atoms with Gasteiger partial charge in [-0.25, -0.2) is 9.97 Å². The van der Waals surface area contributed by atoms with Crippen molar-refractivity contribution in [1.82, 2.24) is 24.8 Å². The molecule has 212 valence electrons. The zero-order valence-corrected chi connectivity index (χ0v) is 23.6. The lowest BCUT2D eigenvalue weighted by molar-refractivity contribution is -0.122. The molecule has 1 saturated carbocycles. The van der Waals surface area contributed by atoms with Gasteiger partial charge in [0.25, 0.3) is 0 Å². The molecule has 5 atom stereocenters. The summed E-state index contributed by atoms with van der Waals surface area (Å²) < 4.78 is 5.79. The molecule has 40 heavy (non-hydrogen) atoms. The fraction of sp³-hybridized carbons (Fsp3) is 0.483. The number of aromatic amines is 1. The lowest BCUT2D eigenvalue weighted by atomic mass is 9.88. The predicted octanol–water partition coefficient (Wildman–Crippen LogP) is 2.87. The molecule has 3 heterocycles. The van der Waals surface area contributed by atoms with Crippen molar-refractivity contribution in [2.75, 3.05) is 45.2 Å². The van der Waals surface area contributed by atoms with E-state index in [-0.39, 0.29) is 35.8 Å². The van der Waals surface area contributed by atoms with Crippen molar-refractivity contribution >= 4 is 34.4 Å². The van der Waals surface area contributed by atoms with Crippen molar-refractivity contribution < 1.29 is 14.6 Å². The average Bonchev–Trinajstić information content (AvgIpc) is 3.66. The number of aliphatic hydroxyl groups excluding tert-OH is 1. The molecule has 11 heteroatoms. The van der Waals surface area contributed by atoms with Gasteiger partial charge in [-0.2, -0.15) is 0 Å². The van der Waals surface area contributed by atoms with E-state index in [0.29, 0.717) is 27.7 Å². The zero-order chi connectivity index (χ0) is 28.0. The number of amides is 1. The lowest BCUT2D eigenvalue weighted by Gasteiger charge is -2.35. The van der Waals surface area contributed by atoms with Gasteiger partial charge in [0.2, 0.25) is 5.91 Å². The third-order valence-electron chi connectivity index (χ3n) is 8.48. The third-order valence-corrected chi connectivity index (χ3v) is 8.77. The fourth-order valence-corrected chi connectivity index (χ4v) is 6.75. The summed E-state index contributed by atoms with van der Waals surface area (Å²) in [5, 5.41) is 13.6. The number of nitrogens with one attached hydrogen (secondary N) is 2.